The van der Waals surface area contributed by atoms with Crippen molar-refractivity contribution in [1.29, 1.82) is 0 Å². The number of unbranched alkanes of at least 4 members (excludes halogenated alkanes) is 10. The minimum Gasteiger partial charge on any atom is -0.462 e. The van der Waals surface area contributed by atoms with Gasteiger partial charge in [0.1, 0.15) is 6.10 Å². The molecular formula is C36H67NO2. The molecule has 228 valence electrons. The van der Waals surface area contributed by atoms with E-state index in [9.17, 15) is 4.79 Å². The summed E-state index contributed by atoms with van der Waals surface area (Å²) in [6.45, 7) is 7.80. The van der Waals surface area contributed by atoms with Gasteiger partial charge in [-0.15, -0.1) is 0 Å². The van der Waals surface area contributed by atoms with Crippen LogP contribution in [0.25, 0.3) is 0 Å². The molecule has 0 rings (SSSR count). The predicted octanol–water partition coefficient (Wildman–Crippen LogP) is 11.0. The molecule has 0 aromatic rings. The van der Waals surface area contributed by atoms with Gasteiger partial charge in [-0.1, -0.05) is 95.8 Å². The number of nitrogens with zero attached hydrogens (tertiary/aromatic N) is 1. The summed E-state index contributed by atoms with van der Waals surface area (Å²) >= 11 is 0. The minimum absolute atomic E-state index is 0.000830. The van der Waals surface area contributed by atoms with Gasteiger partial charge in [-0.2, -0.15) is 0 Å². The molecule has 0 aliphatic rings. The summed E-state index contributed by atoms with van der Waals surface area (Å²) in [6, 6.07) is 0. The summed E-state index contributed by atoms with van der Waals surface area (Å²) in [7, 11) is 4.18. The van der Waals surface area contributed by atoms with Crippen LogP contribution in [0.1, 0.15) is 156 Å². The van der Waals surface area contributed by atoms with Crippen LogP contribution in [0.4, 0.5) is 0 Å². The molecule has 0 radical (unpaired) electrons. The number of rotatable bonds is 28. The highest BCUT2D eigenvalue weighted by Crippen LogP contribution is 2.26. The molecule has 0 bridgehead atoms. The van der Waals surface area contributed by atoms with Crippen LogP contribution in [-0.4, -0.2) is 37.6 Å². The van der Waals surface area contributed by atoms with E-state index in [0.29, 0.717) is 12.3 Å². The average molecular weight is 546 g/mol. The first-order valence-electron chi connectivity index (χ1n) is 16.8. The lowest BCUT2D eigenvalue weighted by Crippen LogP contribution is -2.27. The zero-order chi connectivity index (χ0) is 28.8. The van der Waals surface area contributed by atoms with Crippen LogP contribution in [0, 0.1) is 5.92 Å². The fourth-order valence-corrected chi connectivity index (χ4v) is 4.96. The van der Waals surface area contributed by atoms with E-state index < -0.39 is 0 Å². The fourth-order valence-electron chi connectivity index (χ4n) is 4.96. The summed E-state index contributed by atoms with van der Waals surface area (Å²) < 4.78 is 6.25. The van der Waals surface area contributed by atoms with Crippen LogP contribution < -0.4 is 0 Å². The van der Waals surface area contributed by atoms with Crippen molar-refractivity contribution in [2.45, 2.75) is 162 Å². The number of allylic oxidation sites excluding steroid dienone is 6. The molecule has 0 spiro atoms. The first kappa shape index (κ1) is 37.6. The molecule has 0 amide bonds. The van der Waals surface area contributed by atoms with Crippen LogP contribution in [0.3, 0.4) is 0 Å². The average Bonchev–Trinajstić information content (AvgIpc) is 2.92. The Bertz CT molecular complexity index is 583. The number of carbonyl (C=O) groups excluding carboxylic acids is 1. The molecule has 0 saturated heterocycles. The topological polar surface area (TPSA) is 29.5 Å². The van der Waals surface area contributed by atoms with Gasteiger partial charge in [-0.3, -0.25) is 4.79 Å². The van der Waals surface area contributed by atoms with E-state index >= 15 is 0 Å². The maximum absolute atomic E-state index is 12.9. The van der Waals surface area contributed by atoms with E-state index in [1.165, 1.54) is 77.0 Å². The van der Waals surface area contributed by atoms with Gasteiger partial charge >= 0.3 is 5.97 Å². The Morgan fingerprint density at radius 2 is 1.03 bits per heavy atom. The second-order valence-electron chi connectivity index (χ2n) is 11.7. The first-order chi connectivity index (χ1) is 19.0. The standard InChI is InChI=1S/C36H67NO2/c1-6-9-12-15-18-21-24-29-34(30-25-22-19-16-13-10-7-2)35(31-26-23-20-17-14-11-8-3)39-36(38)32-27-28-33-37(4)5/h18-23,34-35H,6-17,24-33H2,1-5H3/b21-18-,22-19-,23-20-. The summed E-state index contributed by atoms with van der Waals surface area (Å²) in [5, 5.41) is 0. The molecule has 0 heterocycles. The zero-order valence-electron chi connectivity index (χ0n) is 26.9. The summed E-state index contributed by atoms with van der Waals surface area (Å²) in [6.07, 6.45) is 38.1. The Morgan fingerprint density at radius 1 is 0.590 bits per heavy atom. The maximum Gasteiger partial charge on any atom is 0.306 e. The van der Waals surface area contributed by atoms with Crippen LogP contribution in [0.5, 0.6) is 0 Å². The highest BCUT2D eigenvalue weighted by atomic mass is 16.5. The van der Waals surface area contributed by atoms with Gasteiger partial charge in [0.05, 0.1) is 0 Å². The molecule has 0 aliphatic heterocycles. The van der Waals surface area contributed by atoms with E-state index in [1.807, 2.05) is 0 Å². The molecule has 0 N–H and O–H groups in total. The lowest BCUT2D eigenvalue weighted by atomic mass is 9.88. The van der Waals surface area contributed by atoms with Crippen LogP contribution >= 0.6 is 0 Å². The highest BCUT2D eigenvalue weighted by molar-refractivity contribution is 5.69. The first-order valence-corrected chi connectivity index (χ1v) is 16.8. The van der Waals surface area contributed by atoms with Gasteiger partial charge in [0, 0.05) is 6.42 Å². The van der Waals surface area contributed by atoms with Crippen molar-refractivity contribution in [1.82, 2.24) is 4.90 Å². The van der Waals surface area contributed by atoms with Crippen molar-refractivity contribution in [3.05, 3.63) is 36.5 Å². The van der Waals surface area contributed by atoms with Crippen molar-refractivity contribution < 1.29 is 9.53 Å². The summed E-state index contributed by atoms with van der Waals surface area (Å²) in [5.74, 6) is 0.422. The minimum atomic E-state index is 0.000830. The molecule has 0 aliphatic carbocycles. The van der Waals surface area contributed by atoms with Crippen LogP contribution in [0.15, 0.2) is 36.5 Å². The Labute approximate surface area is 244 Å². The second kappa shape index (κ2) is 29.6. The SMILES string of the molecule is CCCCC/C=C\CCC(CC/C=C\CCCCC)C(CC/C=C\CCCCC)OC(=O)CCCCN(C)C. The molecule has 1 atom stereocenters. The monoisotopic (exact) mass is 546 g/mol. The third-order valence-corrected chi connectivity index (χ3v) is 7.49. The van der Waals surface area contributed by atoms with Gasteiger partial charge in [0.15, 0.2) is 0 Å². The van der Waals surface area contributed by atoms with Gasteiger partial charge in [0.25, 0.3) is 0 Å². The fraction of sp³-hybridized carbons (Fsp3) is 0.806. The molecule has 1 unspecified atom stereocenters. The Morgan fingerprint density at radius 3 is 1.46 bits per heavy atom. The molecule has 0 saturated carbocycles. The molecule has 3 heteroatoms. The van der Waals surface area contributed by atoms with Crippen LogP contribution in [0.2, 0.25) is 0 Å². The van der Waals surface area contributed by atoms with E-state index in [1.54, 1.807) is 0 Å². The van der Waals surface area contributed by atoms with Gasteiger partial charge in [-0.25, -0.2) is 0 Å². The largest absolute Gasteiger partial charge is 0.462 e. The van der Waals surface area contributed by atoms with Crippen molar-refractivity contribution in [3.63, 3.8) is 0 Å². The van der Waals surface area contributed by atoms with Crippen molar-refractivity contribution >= 4 is 5.97 Å². The third kappa shape index (κ3) is 26.6. The van der Waals surface area contributed by atoms with Gasteiger partial charge in [-0.05, 0) is 116 Å². The number of ether oxygens (including phenoxy) is 1. The van der Waals surface area contributed by atoms with Gasteiger partial charge < -0.3 is 9.64 Å². The Kier molecular flexibility index (Phi) is 28.6. The maximum atomic E-state index is 12.9. The number of hydrogen-bond acceptors (Lipinski definition) is 3. The summed E-state index contributed by atoms with van der Waals surface area (Å²) in [4.78, 5) is 15.1. The smallest absolute Gasteiger partial charge is 0.306 e. The number of esters is 1. The number of carbonyl (C=O) groups is 1. The van der Waals surface area contributed by atoms with Crippen molar-refractivity contribution in [2.24, 2.45) is 5.92 Å². The van der Waals surface area contributed by atoms with Crippen molar-refractivity contribution in [2.75, 3.05) is 20.6 Å². The second-order valence-corrected chi connectivity index (χ2v) is 11.7. The van der Waals surface area contributed by atoms with Crippen molar-refractivity contribution in [3.8, 4) is 0 Å². The van der Waals surface area contributed by atoms with Gasteiger partial charge in [0.2, 0.25) is 0 Å². The highest BCUT2D eigenvalue weighted by Gasteiger charge is 2.24. The quantitative estimate of drug-likeness (QED) is 0.0556. The molecule has 0 aromatic carbocycles. The molecule has 0 fully saturated rings. The number of hydrogen-bond donors (Lipinski definition) is 0. The molecule has 39 heavy (non-hydrogen) atoms. The lowest BCUT2D eigenvalue weighted by molar-refractivity contribution is -0.152. The Balaban J connectivity index is 5.16. The van der Waals surface area contributed by atoms with E-state index in [2.05, 4.69) is 76.2 Å². The lowest BCUT2D eigenvalue weighted by Gasteiger charge is -2.27. The van der Waals surface area contributed by atoms with Crippen LogP contribution in [-0.2, 0) is 9.53 Å². The third-order valence-electron chi connectivity index (χ3n) is 7.49. The van der Waals surface area contributed by atoms with E-state index in [-0.39, 0.29) is 12.1 Å². The normalized spacial score (nSPS) is 13.1. The predicted molar refractivity (Wildman–Crippen MR) is 173 cm³/mol. The summed E-state index contributed by atoms with van der Waals surface area (Å²) in [5.41, 5.74) is 0. The Hall–Kier alpha value is -1.35. The van der Waals surface area contributed by atoms with E-state index in [0.717, 1.165) is 57.9 Å². The zero-order valence-corrected chi connectivity index (χ0v) is 26.9. The molecule has 0 aromatic heterocycles. The van der Waals surface area contributed by atoms with E-state index in [4.69, 9.17) is 4.74 Å². The molecular weight excluding hydrogens is 478 g/mol. The molecule has 3 nitrogen and oxygen atoms in total.